The zero-order valence-electron chi connectivity index (χ0n) is 44.1. The number of aromatic nitrogens is 3. The van der Waals surface area contributed by atoms with Gasteiger partial charge in [0.15, 0.2) is 0 Å². The molecule has 5 aromatic heterocycles. The van der Waals surface area contributed by atoms with Crippen LogP contribution < -0.4 is 0 Å². The monoisotopic (exact) mass is 1050 g/mol. The summed E-state index contributed by atoms with van der Waals surface area (Å²) in [7, 11) is 0. The second-order valence-electron chi connectivity index (χ2n) is 21.2. The highest BCUT2D eigenvalue weighted by Crippen LogP contribution is 2.45. The zero-order valence-corrected chi connectivity index (χ0v) is 44.9. The molecule has 0 atom stereocenters. The lowest BCUT2D eigenvalue weighted by molar-refractivity contribution is 1.18. The Morgan fingerprint density at radius 1 is 0.259 bits per heavy atom. The van der Waals surface area contributed by atoms with E-state index in [9.17, 15) is 0 Å². The van der Waals surface area contributed by atoms with E-state index in [1.807, 2.05) is 6.07 Å². The van der Waals surface area contributed by atoms with Crippen LogP contribution in [0.2, 0.25) is 5.02 Å². The normalized spacial score (nSPS) is 12.0. The van der Waals surface area contributed by atoms with Gasteiger partial charge < -0.3 is 13.4 Å². The minimum Gasteiger partial charge on any atom is -0.309 e. The number of pyridine rings is 2. The van der Waals surface area contributed by atoms with Gasteiger partial charge in [0.2, 0.25) is 0 Å². The summed E-state index contributed by atoms with van der Waals surface area (Å²) in [5.74, 6) is 0. The molecule has 1 aliphatic rings. The second-order valence-corrected chi connectivity index (χ2v) is 21.6. The third kappa shape index (κ3) is 7.43. The minimum atomic E-state index is 0.753. The molecule has 0 radical (unpaired) electrons. The molecule has 4 heteroatoms. The molecule has 0 amide bonds. The van der Waals surface area contributed by atoms with Crippen molar-refractivity contribution < 1.29 is 0 Å². The van der Waals surface area contributed by atoms with Crippen molar-refractivity contribution in [2.24, 2.45) is 0 Å². The van der Waals surface area contributed by atoms with Gasteiger partial charge in [0.25, 0.3) is 0 Å². The first-order valence-electron chi connectivity index (χ1n) is 27.8. The summed E-state index contributed by atoms with van der Waals surface area (Å²) >= 11 is 6.43. The van der Waals surface area contributed by atoms with Crippen LogP contribution in [0.15, 0.2) is 291 Å². The first-order chi connectivity index (χ1) is 40.2. The highest BCUT2D eigenvalue weighted by atomic mass is 35.5. The highest BCUT2D eigenvalue weighted by Gasteiger charge is 2.23. The number of nitrogens with zero attached hydrogens (tertiary/aromatic N) is 3. The SMILES string of the molecule is Clc1ccc2c(-c3ccccc3)c3c4ccccc4c4ccccc4n3c2c1.c1ccc(-c2c3ccc(-n4c5ccccc5c5ccccc54)cc3n3c4ccccc4c4ccccc4c23)cc1.c1ccc2c(c1)Cc1ccccc1-2. The van der Waals surface area contributed by atoms with Crippen molar-refractivity contribution in [3.63, 3.8) is 0 Å². The van der Waals surface area contributed by atoms with E-state index in [4.69, 9.17) is 11.6 Å². The molecular weight excluding hydrogens is 1000 g/mol. The Labute approximate surface area is 473 Å². The van der Waals surface area contributed by atoms with E-state index in [-0.39, 0.29) is 0 Å². The van der Waals surface area contributed by atoms with Gasteiger partial charge in [0.1, 0.15) is 0 Å². The Kier molecular flexibility index (Phi) is 11.0. The number of hydrogen-bond donors (Lipinski definition) is 0. The number of para-hydroxylation sites is 4. The maximum absolute atomic E-state index is 6.43. The zero-order chi connectivity index (χ0) is 53.5. The Morgan fingerprint density at radius 2 is 0.617 bits per heavy atom. The molecule has 0 spiro atoms. The van der Waals surface area contributed by atoms with Gasteiger partial charge in [0.05, 0.1) is 44.1 Å². The Morgan fingerprint density at radius 3 is 1.10 bits per heavy atom. The van der Waals surface area contributed by atoms with E-state index >= 15 is 0 Å². The van der Waals surface area contributed by atoms with E-state index in [0.29, 0.717) is 0 Å². The molecule has 0 N–H and O–H groups in total. The third-order valence-corrected chi connectivity index (χ3v) is 17.0. The topological polar surface area (TPSA) is 13.8 Å². The van der Waals surface area contributed by atoms with Crippen molar-refractivity contribution in [3.05, 3.63) is 307 Å². The van der Waals surface area contributed by atoms with E-state index in [1.165, 1.54) is 143 Å². The summed E-state index contributed by atoms with van der Waals surface area (Å²) in [6.45, 7) is 0. The van der Waals surface area contributed by atoms with Crippen molar-refractivity contribution in [1.29, 1.82) is 0 Å². The molecule has 81 heavy (non-hydrogen) atoms. The fourth-order valence-electron chi connectivity index (χ4n) is 13.4. The van der Waals surface area contributed by atoms with Gasteiger partial charge in [-0.1, -0.05) is 254 Å². The fraction of sp³-hybridized carbons (Fsp3) is 0.0130. The average Bonchev–Trinajstić information content (AvgIpc) is 4.45. The fourth-order valence-corrected chi connectivity index (χ4v) is 13.6. The number of hydrogen-bond acceptors (Lipinski definition) is 0. The van der Waals surface area contributed by atoms with E-state index in [1.54, 1.807) is 0 Å². The lowest BCUT2D eigenvalue weighted by atomic mass is 9.99. The van der Waals surface area contributed by atoms with Gasteiger partial charge in [-0.05, 0) is 99.1 Å². The predicted molar refractivity (Wildman–Crippen MR) is 345 cm³/mol. The molecule has 0 unspecified atom stereocenters. The molecule has 18 rings (SSSR count). The molecule has 0 saturated carbocycles. The summed E-state index contributed by atoms with van der Waals surface area (Å²) in [5.41, 5.74) is 21.6. The minimum absolute atomic E-state index is 0.753. The van der Waals surface area contributed by atoms with Crippen molar-refractivity contribution in [2.45, 2.75) is 6.42 Å². The van der Waals surface area contributed by atoms with Crippen LogP contribution in [0.3, 0.4) is 0 Å². The number of fused-ring (bicyclic) bond motifs is 22. The van der Waals surface area contributed by atoms with E-state index in [2.05, 4.69) is 298 Å². The van der Waals surface area contributed by atoms with Crippen LogP contribution in [-0.4, -0.2) is 13.4 Å². The van der Waals surface area contributed by atoms with Gasteiger partial charge in [-0.25, -0.2) is 0 Å². The molecule has 0 bridgehead atoms. The molecule has 12 aromatic carbocycles. The Bertz CT molecular complexity index is 5240. The molecule has 17 aromatic rings. The molecule has 0 saturated heterocycles. The van der Waals surface area contributed by atoms with Gasteiger partial charge in [-0.15, -0.1) is 0 Å². The van der Waals surface area contributed by atoms with Gasteiger partial charge in [-0.3, -0.25) is 0 Å². The van der Waals surface area contributed by atoms with Gasteiger partial charge >= 0.3 is 0 Å². The molecule has 1 aliphatic carbocycles. The summed E-state index contributed by atoms with van der Waals surface area (Å²) in [4.78, 5) is 0. The Hall–Kier alpha value is -10.2. The van der Waals surface area contributed by atoms with Gasteiger partial charge in [0, 0.05) is 64.9 Å². The van der Waals surface area contributed by atoms with Crippen molar-refractivity contribution >= 4 is 110 Å². The largest absolute Gasteiger partial charge is 0.309 e. The summed E-state index contributed by atoms with van der Waals surface area (Å²) in [5, 5.41) is 13.4. The maximum Gasteiger partial charge on any atom is 0.0626 e. The van der Waals surface area contributed by atoms with E-state index in [0.717, 1.165) is 17.0 Å². The van der Waals surface area contributed by atoms with Crippen LogP contribution in [0.5, 0.6) is 0 Å². The third-order valence-electron chi connectivity index (χ3n) is 16.8. The van der Waals surface area contributed by atoms with Crippen molar-refractivity contribution in [1.82, 2.24) is 13.4 Å². The summed E-state index contributed by atoms with van der Waals surface area (Å²) in [6.07, 6.45) is 1.10. The van der Waals surface area contributed by atoms with E-state index < -0.39 is 0 Å². The standard InChI is InChI=1S/C38H24N2.C26H16ClN.C13H10/c1-2-12-25(13-3-1)37-32-23-22-26(39-33-19-9-7-16-29(33)30-17-8-10-20-34(30)39)24-36(32)40-35-21-11-6-15-28(35)27-14-4-5-18-31(27)38(37)40;27-18-14-15-22-24(16-18)28-23-13-7-6-11-20(23)19-10-4-5-12-21(19)26(28)25(22)17-8-2-1-3-9-17;1-3-7-12-10(5-1)9-11-6-2-4-8-13(11)12/h1-24H;1-16H;1-8H,9H2. The summed E-state index contributed by atoms with van der Waals surface area (Å²) < 4.78 is 7.28. The van der Waals surface area contributed by atoms with Crippen LogP contribution in [-0.2, 0) is 6.42 Å². The van der Waals surface area contributed by atoms with Gasteiger partial charge in [-0.2, -0.15) is 0 Å². The number of benzene rings is 12. The molecule has 0 fully saturated rings. The molecule has 380 valence electrons. The Balaban J connectivity index is 0.000000114. The molecule has 0 aliphatic heterocycles. The highest BCUT2D eigenvalue weighted by molar-refractivity contribution is 6.32. The molecule has 3 nitrogen and oxygen atoms in total. The van der Waals surface area contributed by atoms with Crippen LogP contribution in [0, 0.1) is 0 Å². The van der Waals surface area contributed by atoms with Crippen LogP contribution >= 0.6 is 11.6 Å². The smallest absolute Gasteiger partial charge is 0.0626 e. The molecular formula is C77H50ClN3. The van der Waals surface area contributed by atoms with Crippen LogP contribution in [0.25, 0.3) is 137 Å². The number of rotatable bonds is 3. The first kappa shape index (κ1) is 46.9. The second kappa shape index (κ2) is 19.0. The van der Waals surface area contributed by atoms with Crippen molar-refractivity contribution in [3.8, 4) is 39.1 Å². The number of halogens is 1. The quantitative estimate of drug-likeness (QED) is 0.157. The maximum atomic E-state index is 6.43. The van der Waals surface area contributed by atoms with Crippen LogP contribution in [0.4, 0.5) is 0 Å². The lowest BCUT2D eigenvalue weighted by Crippen LogP contribution is -1.95. The predicted octanol–water partition coefficient (Wildman–Crippen LogP) is 21.1. The van der Waals surface area contributed by atoms with Crippen LogP contribution in [0.1, 0.15) is 11.1 Å². The summed E-state index contributed by atoms with van der Waals surface area (Å²) in [6, 6.07) is 104. The lowest BCUT2D eigenvalue weighted by Gasteiger charge is -2.12. The molecule has 5 heterocycles. The van der Waals surface area contributed by atoms with Crippen molar-refractivity contribution in [2.75, 3.05) is 0 Å². The average molecular weight is 1050 g/mol. The first-order valence-corrected chi connectivity index (χ1v) is 28.2.